The lowest BCUT2D eigenvalue weighted by Gasteiger charge is -2.14. The maximum absolute atomic E-state index is 11.3. The van der Waals surface area contributed by atoms with Crippen molar-refractivity contribution in [1.82, 2.24) is 5.48 Å². The second-order valence-electron chi connectivity index (χ2n) is 6.31. The molecule has 0 aliphatic carbocycles. The Hall–Kier alpha value is -2.82. The monoisotopic (exact) mass is 381 g/mol. The molecule has 0 aliphatic heterocycles. The van der Waals surface area contributed by atoms with Crippen molar-refractivity contribution in [2.45, 2.75) is 12.8 Å². The van der Waals surface area contributed by atoms with E-state index < -0.39 is 5.91 Å². The molecule has 0 heterocycles. The van der Waals surface area contributed by atoms with E-state index in [1.807, 2.05) is 24.3 Å². The highest BCUT2D eigenvalue weighted by atomic mass is 35.5. The lowest BCUT2D eigenvalue weighted by molar-refractivity contribution is 0.0706. The minimum Gasteiger partial charge on any atom is -0.493 e. The van der Waals surface area contributed by atoms with E-state index in [1.165, 1.54) is 5.56 Å². The Morgan fingerprint density at radius 1 is 0.963 bits per heavy atom. The fourth-order valence-electron chi connectivity index (χ4n) is 2.73. The number of halogens is 1. The summed E-state index contributed by atoms with van der Waals surface area (Å²) in [5, 5.41) is 9.36. The Labute approximate surface area is 163 Å². The third kappa shape index (κ3) is 4.88. The molecule has 4 nitrogen and oxygen atoms in total. The van der Waals surface area contributed by atoms with Crippen molar-refractivity contribution in [2.75, 3.05) is 6.61 Å². The van der Waals surface area contributed by atoms with Gasteiger partial charge in [0.05, 0.1) is 6.61 Å². The van der Waals surface area contributed by atoms with Crippen molar-refractivity contribution in [1.29, 1.82) is 0 Å². The van der Waals surface area contributed by atoms with E-state index in [0.717, 1.165) is 16.1 Å². The Kier molecular flexibility index (Phi) is 6.12. The van der Waals surface area contributed by atoms with E-state index in [2.05, 4.69) is 31.2 Å². The molecule has 0 radical (unpaired) electrons. The van der Waals surface area contributed by atoms with E-state index in [4.69, 9.17) is 21.5 Å². The molecule has 2 N–H and O–H groups in total. The fraction of sp³-hybridized carbons (Fsp3) is 0.136. The molecule has 0 fully saturated rings. The molecule has 138 valence electrons. The molecule has 0 saturated heterocycles. The van der Waals surface area contributed by atoms with Crippen LogP contribution in [-0.4, -0.2) is 17.7 Å². The van der Waals surface area contributed by atoms with Crippen LogP contribution in [0.1, 0.15) is 28.8 Å². The first-order chi connectivity index (χ1) is 13.1. The standard InChI is InChI=1S/C22H20ClNO3/c1-15(14-27-21-12-8-19(9-13-21)22(25)24-26)16-2-4-17(5-3-16)18-6-10-20(23)11-7-18/h2-13,15,26H,14H2,1H3,(H,24,25). The van der Waals surface area contributed by atoms with E-state index >= 15 is 0 Å². The fourth-order valence-corrected chi connectivity index (χ4v) is 2.86. The highest BCUT2D eigenvalue weighted by Gasteiger charge is 2.08. The van der Waals surface area contributed by atoms with Gasteiger partial charge in [0, 0.05) is 16.5 Å². The van der Waals surface area contributed by atoms with E-state index in [0.29, 0.717) is 17.9 Å². The zero-order valence-corrected chi connectivity index (χ0v) is 15.6. The van der Waals surface area contributed by atoms with Gasteiger partial charge in [0.15, 0.2) is 0 Å². The summed E-state index contributed by atoms with van der Waals surface area (Å²) in [5.41, 5.74) is 5.43. The quantitative estimate of drug-likeness (QED) is 0.449. The number of rotatable bonds is 6. The second-order valence-corrected chi connectivity index (χ2v) is 6.74. The summed E-state index contributed by atoms with van der Waals surface area (Å²) in [6.07, 6.45) is 0. The van der Waals surface area contributed by atoms with Gasteiger partial charge in [-0.15, -0.1) is 0 Å². The number of hydroxylamine groups is 1. The molecule has 0 bridgehead atoms. The summed E-state index contributed by atoms with van der Waals surface area (Å²) >= 11 is 5.94. The van der Waals surface area contributed by atoms with Gasteiger partial charge in [-0.1, -0.05) is 54.9 Å². The van der Waals surface area contributed by atoms with E-state index in [1.54, 1.807) is 29.7 Å². The molecule has 3 rings (SSSR count). The first kappa shape index (κ1) is 19.0. The van der Waals surface area contributed by atoms with Crippen LogP contribution in [-0.2, 0) is 0 Å². The molecule has 0 saturated carbocycles. The number of hydrogen-bond acceptors (Lipinski definition) is 3. The van der Waals surface area contributed by atoms with Gasteiger partial charge in [0.2, 0.25) is 0 Å². The van der Waals surface area contributed by atoms with Crippen molar-refractivity contribution in [3.8, 4) is 16.9 Å². The molecule has 0 aromatic heterocycles. The number of nitrogens with one attached hydrogen (secondary N) is 1. The van der Waals surface area contributed by atoms with Crippen molar-refractivity contribution >= 4 is 17.5 Å². The molecule has 3 aromatic rings. The van der Waals surface area contributed by atoms with Crippen molar-refractivity contribution in [3.05, 3.63) is 88.9 Å². The summed E-state index contributed by atoms with van der Waals surface area (Å²) in [4.78, 5) is 11.3. The highest BCUT2D eigenvalue weighted by molar-refractivity contribution is 6.30. The average molecular weight is 382 g/mol. The molecule has 27 heavy (non-hydrogen) atoms. The molecule has 1 amide bonds. The lowest BCUT2D eigenvalue weighted by atomic mass is 9.98. The Bertz CT molecular complexity index is 890. The minimum atomic E-state index is -0.546. The highest BCUT2D eigenvalue weighted by Crippen LogP contribution is 2.25. The van der Waals surface area contributed by atoms with Gasteiger partial charge >= 0.3 is 0 Å². The normalized spacial score (nSPS) is 11.7. The minimum absolute atomic E-state index is 0.213. The van der Waals surface area contributed by atoms with Crippen LogP contribution in [0.25, 0.3) is 11.1 Å². The van der Waals surface area contributed by atoms with Gasteiger partial charge in [0.25, 0.3) is 5.91 Å². The Morgan fingerprint density at radius 2 is 1.52 bits per heavy atom. The van der Waals surface area contributed by atoms with Crippen molar-refractivity contribution < 1.29 is 14.7 Å². The predicted molar refractivity (Wildman–Crippen MR) is 106 cm³/mol. The summed E-state index contributed by atoms with van der Waals surface area (Å²) in [5.74, 6) is 0.342. The summed E-state index contributed by atoms with van der Waals surface area (Å²) < 4.78 is 5.81. The topological polar surface area (TPSA) is 58.6 Å². The molecule has 1 unspecified atom stereocenters. The van der Waals surface area contributed by atoms with E-state index in [-0.39, 0.29) is 5.92 Å². The third-order valence-electron chi connectivity index (χ3n) is 4.38. The Balaban J connectivity index is 1.60. The lowest BCUT2D eigenvalue weighted by Crippen LogP contribution is -2.18. The molecular weight excluding hydrogens is 362 g/mol. The van der Waals surface area contributed by atoms with Gasteiger partial charge in [0.1, 0.15) is 5.75 Å². The zero-order valence-electron chi connectivity index (χ0n) is 14.9. The number of carbonyl (C=O) groups excluding carboxylic acids is 1. The number of benzene rings is 3. The molecule has 0 spiro atoms. The second kappa shape index (κ2) is 8.71. The first-order valence-electron chi connectivity index (χ1n) is 8.60. The van der Waals surface area contributed by atoms with Gasteiger partial charge < -0.3 is 4.74 Å². The Morgan fingerprint density at radius 3 is 2.07 bits per heavy atom. The van der Waals surface area contributed by atoms with Crippen LogP contribution in [0.4, 0.5) is 0 Å². The largest absolute Gasteiger partial charge is 0.493 e. The van der Waals surface area contributed by atoms with Crippen LogP contribution >= 0.6 is 11.6 Å². The van der Waals surface area contributed by atoms with Crippen molar-refractivity contribution in [3.63, 3.8) is 0 Å². The average Bonchev–Trinajstić information content (AvgIpc) is 2.72. The summed E-state index contributed by atoms with van der Waals surface area (Å²) in [7, 11) is 0. The maximum Gasteiger partial charge on any atom is 0.274 e. The first-order valence-corrected chi connectivity index (χ1v) is 8.98. The molecule has 1 atom stereocenters. The smallest absolute Gasteiger partial charge is 0.274 e. The number of carbonyl (C=O) groups is 1. The van der Waals surface area contributed by atoms with Crippen LogP contribution in [0.5, 0.6) is 5.75 Å². The maximum atomic E-state index is 11.3. The summed E-state index contributed by atoms with van der Waals surface area (Å²) in [6, 6.07) is 22.8. The number of ether oxygens (including phenoxy) is 1. The molecule has 0 aliphatic rings. The van der Waals surface area contributed by atoms with Gasteiger partial charge in [-0.2, -0.15) is 0 Å². The van der Waals surface area contributed by atoms with Crippen LogP contribution in [0.15, 0.2) is 72.8 Å². The number of amides is 1. The van der Waals surface area contributed by atoms with Crippen molar-refractivity contribution in [2.24, 2.45) is 0 Å². The van der Waals surface area contributed by atoms with Gasteiger partial charge in [-0.25, -0.2) is 5.48 Å². The van der Waals surface area contributed by atoms with Crippen LogP contribution in [0, 0.1) is 0 Å². The molecule has 3 aromatic carbocycles. The third-order valence-corrected chi connectivity index (χ3v) is 4.63. The van der Waals surface area contributed by atoms with Gasteiger partial charge in [-0.05, 0) is 53.1 Å². The van der Waals surface area contributed by atoms with Crippen LogP contribution in [0.2, 0.25) is 5.02 Å². The van der Waals surface area contributed by atoms with Crippen LogP contribution < -0.4 is 10.2 Å². The predicted octanol–water partition coefficient (Wildman–Crippen LogP) is 5.31. The van der Waals surface area contributed by atoms with E-state index in [9.17, 15) is 4.79 Å². The molecule has 5 heteroatoms. The SMILES string of the molecule is CC(COc1ccc(C(=O)NO)cc1)c1ccc(-c2ccc(Cl)cc2)cc1. The van der Waals surface area contributed by atoms with Gasteiger partial charge in [-0.3, -0.25) is 10.0 Å². The van der Waals surface area contributed by atoms with Crippen LogP contribution in [0.3, 0.4) is 0 Å². The number of hydrogen-bond donors (Lipinski definition) is 2. The zero-order chi connectivity index (χ0) is 19.2. The summed E-state index contributed by atoms with van der Waals surface area (Å²) in [6.45, 7) is 2.62. The molecular formula is C22H20ClNO3.